The lowest BCUT2D eigenvalue weighted by atomic mass is 9.33. The maximum atomic E-state index is 15.1. The molecule has 5 aliphatic carbocycles. The molecular weight excluding hydrogens is 989 g/mol. The van der Waals surface area contributed by atoms with Gasteiger partial charge in [-0.05, 0) is 111 Å². The summed E-state index contributed by atoms with van der Waals surface area (Å²) in [6.07, 6.45) is -21.6. The number of fused-ring (bicyclic) bond motifs is 7. The van der Waals surface area contributed by atoms with Gasteiger partial charge >= 0.3 is 5.97 Å². The van der Waals surface area contributed by atoms with Gasteiger partial charge in [-0.3, -0.25) is 4.79 Å². The first-order valence-corrected chi connectivity index (χ1v) is 27.3. The van der Waals surface area contributed by atoms with Crippen LogP contribution in [0.3, 0.4) is 0 Å². The molecule has 28 atom stereocenters. The molecule has 28 unspecified atom stereocenters. The van der Waals surface area contributed by atoms with E-state index in [0.29, 0.717) is 38.5 Å². The van der Waals surface area contributed by atoms with Crippen molar-refractivity contribution in [3.8, 4) is 0 Å². The van der Waals surface area contributed by atoms with Crippen molar-refractivity contribution in [3.63, 3.8) is 0 Å². The summed E-state index contributed by atoms with van der Waals surface area (Å²) < 4.78 is 47.1. The van der Waals surface area contributed by atoms with E-state index in [-0.39, 0.29) is 52.6 Å². The summed E-state index contributed by atoms with van der Waals surface area (Å²) in [5, 5.41) is 140. The van der Waals surface area contributed by atoms with Gasteiger partial charge < -0.3 is 104 Å². The number of ether oxygens (including phenoxy) is 8. The average molecular weight is 1080 g/mol. The van der Waals surface area contributed by atoms with Crippen molar-refractivity contribution in [2.24, 2.45) is 50.2 Å². The lowest BCUT2D eigenvalue weighted by Gasteiger charge is -2.71. The van der Waals surface area contributed by atoms with E-state index in [1.165, 1.54) is 12.5 Å². The molecular formula is C53H86O22. The van der Waals surface area contributed by atoms with Crippen LogP contribution in [-0.2, 0) is 42.7 Å². The largest absolute Gasteiger partial charge is 0.432 e. The Kier molecular flexibility index (Phi) is 16.3. The Labute approximate surface area is 437 Å². The summed E-state index contributed by atoms with van der Waals surface area (Å²) in [6.45, 7) is 13.0. The third kappa shape index (κ3) is 9.40. The minimum atomic E-state index is -1.96. The molecule has 0 aromatic carbocycles. The Hall–Kier alpha value is -1.59. The van der Waals surface area contributed by atoms with Crippen molar-refractivity contribution in [1.82, 2.24) is 0 Å². The van der Waals surface area contributed by atoms with Gasteiger partial charge in [0.15, 0.2) is 18.9 Å². The standard InChI is InChI=1S/C53H86O22/c1-23-32(58)34(60)38(64)44(69-23)73-41-27(19-54)70-45(39(65)35(41)61)74-42-28(20-55)71-46(40(66)36(42)62)75-47(67)53-16-14-48(2,3)18-25(53)24-8-9-30-49(4)12-11-31(72-43-37(63)33(59)26(57)21-68-43)50(5,22-56)29(49)10-13-52(30,7)51(24,6)15-17-53/h8,23,25-46,54-66H,9-22H2,1-7H3. The molecule has 0 aromatic rings. The van der Waals surface area contributed by atoms with Gasteiger partial charge in [0.25, 0.3) is 0 Å². The minimum Gasteiger partial charge on any atom is -0.432 e. The first-order valence-electron chi connectivity index (χ1n) is 27.3. The molecule has 4 saturated heterocycles. The van der Waals surface area contributed by atoms with Crippen LogP contribution in [0.25, 0.3) is 0 Å². The van der Waals surface area contributed by atoms with Crippen LogP contribution in [0, 0.1) is 50.2 Å². The van der Waals surface area contributed by atoms with Gasteiger partial charge in [-0.15, -0.1) is 0 Å². The molecule has 0 spiro atoms. The summed E-state index contributed by atoms with van der Waals surface area (Å²) >= 11 is 0. The molecule has 4 aliphatic heterocycles. The SMILES string of the molecule is CC1OC(OC2C(CO)OC(OC3C(CO)OC(OC(=O)C45CCC(C)(C)CC4C4=CCC6C7(C)CCC(OC8OCC(O)C(O)C8O)C(C)(CO)C7CCC6(C)C4(C)CC5)C(O)C3O)C(O)C2O)C(O)C(O)C1O. The molecule has 22 nitrogen and oxygen atoms in total. The molecule has 0 bridgehead atoms. The number of rotatable bonds is 11. The predicted molar refractivity (Wildman–Crippen MR) is 257 cm³/mol. The number of allylic oxidation sites excluding steroid dienone is 2. The van der Waals surface area contributed by atoms with Gasteiger partial charge in [-0.1, -0.05) is 53.2 Å². The minimum absolute atomic E-state index is 0.0319. The third-order valence-corrected chi connectivity index (χ3v) is 21.1. The highest BCUT2D eigenvalue weighted by Gasteiger charge is 2.71. The fourth-order valence-electron chi connectivity index (χ4n) is 16.2. The first-order chi connectivity index (χ1) is 35.2. The van der Waals surface area contributed by atoms with Crippen molar-refractivity contribution in [1.29, 1.82) is 0 Å². The van der Waals surface area contributed by atoms with Gasteiger partial charge in [0.1, 0.15) is 85.5 Å². The molecule has 0 radical (unpaired) electrons. The lowest BCUT2D eigenvalue weighted by Crippen LogP contribution is -2.67. The number of aliphatic hydroxyl groups excluding tert-OH is 13. The van der Waals surface area contributed by atoms with E-state index in [1.54, 1.807) is 0 Å². The first kappa shape index (κ1) is 58.1. The van der Waals surface area contributed by atoms with E-state index in [2.05, 4.69) is 40.7 Å². The quantitative estimate of drug-likeness (QED) is 0.0643. The summed E-state index contributed by atoms with van der Waals surface area (Å²) in [5.41, 5.74) is -1.46. The second-order valence-electron chi connectivity index (χ2n) is 25.7. The Morgan fingerprint density at radius 3 is 1.81 bits per heavy atom. The van der Waals surface area contributed by atoms with Crippen LogP contribution in [0.1, 0.15) is 113 Å². The van der Waals surface area contributed by atoms with E-state index in [9.17, 15) is 66.4 Å². The van der Waals surface area contributed by atoms with Crippen LogP contribution in [-0.4, -0.2) is 222 Å². The number of carbonyl (C=O) groups excluding carboxylic acids is 1. The molecule has 13 N–H and O–H groups in total. The van der Waals surface area contributed by atoms with Crippen LogP contribution >= 0.6 is 0 Å². The maximum Gasteiger partial charge on any atom is 0.315 e. The highest BCUT2D eigenvalue weighted by molar-refractivity contribution is 5.79. The Bertz CT molecular complexity index is 2060. The molecule has 8 fully saturated rings. The van der Waals surface area contributed by atoms with E-state index >= 15 is 4.79 Å². The van der Waals surface area contributed by atoms with Gasteiger partial charge in [0.2, 0.25) is 6.29 Å². The summed E-state index contributed by atoms with van der Waals surface area (Å²) in [7, 11) is 0. The fourth-order valence-corrected chi connectivity index (χ4v) is 16.2. The maximum absolute atomic E-state index is 15.1. The van der Waals surface area contributed by atoms with E-state index in [1.807, 2.05) is 6.92 Å². The fraction of sp³-hybridized carbons (Fsp3) is 0.943. The Morgan fingerprint density at radius 2 is 1.19 bits per heavy atom. The molecule has 9 aliphatic rings. The van der Waals surface area contributed by atoms with E-state index < -0.39 is 153 Å². The zero-order chi connectivity index (χ0) is 54.7. The topological polar surface area (TPSA) is 354 Å². The normalized spacial score (nSPS) is 54.8. The van der Waals surface area contributed by atoms with E-state index in [4.69, 9.17) is 37.9 Å². The summed E-state index contributed by atoms with van der Waals surface area (Å²) in [4.78, 5) is 15.1. The van der Waals surface area contributed by atoms with Crippen LogP contribution in [0.15, 0.2) is 11.6 Å². The Morgan fingerprint density at radius 1 is 0.613 bits per heavy atom. The highest BCUT2D eigenvalue weighted by Crippen LogP contribution is 2.76. The Balaban J connectivity index is 0.903. The molecule has 9 rings (SSSR count). The predicted octanol–water partition coefficient (Wildman–Crippen LogP) is -1.40. The number of hydrogen-bond donors (Lipinski definition) is 13. The number of esters is 1. The second-order valence-corrected chi connectivity index (χ2v) is 25.7. The smallest absolute Gasteiger partial charge is 0.315 e. The molecule has 430 valence electrons. The van der Waals surface area contributed by atoms with Gasteiger partial charge in [0, 0.05) is 5.41 Å². The summed E-state index contributed by atoms with van der Waals surface area (Å²) in [5.74, 6) is -0.615. The second kappa shape index (κ2) is 21.1. The zero-order valence-corrected chi connectivity index (χ0v) is 44.2. The third-order valence-electron chi connectivity index (χ3n) is 21.1. The molecule has 22 heteroatoms. The van der Waals surface area contributed by atoms with Crippen molar-refractivity contribution in [2.45, 2.75) is 235 Å². The van der Waals surface area contributed by atoms with Crippen LogP contribution < -0.4 is 0 Å². The van der Waals surface area contributed by atoms with E-state index in [0.717, 1.165) is 25.7 Å². The van der Waals surface area contributed by atoms with Gasteiger partial charge in [0.05, 0.1) is 44.1 Å². The highest BCUT2D eigenvalue weighted by atomic mass is 16.8. The molecule has 0 aromatic heterocycles. The van der Waals surface area contributed by atoms with Crippen LogP contribution in [0.5, 0.6) is 0 Å². The number of aliphatic hydroxyl groups is 13. The molecule has 0 amide bonds. The average Bonchev–Trinajstić information content (AvgIpc) is 3.45. The van der Waals surface area contributed by atoms with Crippen molar-refractivity contribution in [2.75, 3.05) is 26.4 Å². The lowest BCUT2D eigenvalue weighted by molar-refractivity contribution is -0.377. The number of hydrogen-bond acceptors (Lipinski definition) is 22. The van der Waals surface area contributed by atoms with Gasteiger partial charge in [-0.25, -0.2) is 0 Å². The molecule has 4 saturated carbocycles. The number of carbonyl (C=O) groups is 1. The zero-order valence-electron chi connectivity index (χ0n) is 44.2. The summed E-state index contributed by atoms with van der Waals surface area (Å²) in [6, 6.07) is 0. The van der Waals surface area contributed by atoms with Crippen molar-refractivity contribution >= 4 is 5.97 Å². The van der Waals surface area contributed by atoms with Crippen molar-refractivity contribution < 1.29 is 109 Å². The van der Waals surface area contributed by atoms with Crippen LogP contribution in [0.4, 0.5) is 0 Å². The molecule has 4 heterocycles. The van der Waals surface area contributed by atoms with Gasteiger partial charge in [-0.2, -0.15) is 0 Å². The van der Waals surface area contributed by atoms with Crippen LogP contribution in [0.2, 0.25) is 0 Å². The van der Waals surface area contributed by atoms with Crippen molar-refractivity contribution in [3.05, 3.63) is 11.6 Å². The monoisotopic (exact) mass is 1070 g/mol. The molecule has 75 heavy (non-hydrogen) atoms.